The number of hydrogen-bond donors (Lipinski definition) is 4. The van der Waals surface area contributed by atoms with Gasteiger partial charge in [0, 0.05) is 45.7 Å². The Hall–Kier alpha value is -3.88. The quantitative estimate of drug-likeness (QED) is 0.254. The number of halogens is 2. The number of nitrogens with zero attached hydrogens (tertiary/aromatic N) is 2. The average molecular weight is 634 g/mol. The third-order valence-electron chi connectivity index (χ3n) is 8.91. The number of nitrogens with one attached hydrogen (secondary N) is 4. The number of hydrogen-bond acceptors (Lipinski definition) is 6. The molecular weight excluding hydrogens is 595 g/mol. The second kappa shape index (κ2) is 13.8. The minimum atomic E-state index is -0.269. The molecule has 0 radical (unpaired) electrons. The van der Waals surface area contributed by atoms with E-state index in [2.05, 4.69) is 21.3 Å². The van der Waals surface area contributed by atoms with Crippen molar-refractivity contribution in [2.24, 2.45) is 9.98 Å². The molecule has 3 aromatic carbocycles. The van der Waals surface area contributed by atoms with Gasteiger partial charge in [-0.15, -0.1) is 24.8 Å². The first-order valence-corrected chi connectivity index (χ1v) is 15.2. The van der Waals surface area contributed by atoms with Crippen LogP contribution in [0.3, 0.4) is 0 Å². The van der Waals surface area contributed by atoms with Gasteiger partial charge in [-0.2, -0.15) is 0 Å². The van der Waals surface area contributed by atoms with Gasteiger partial charge in [0.05, 0.1) is 12.1 Å². The Morgan fingerprint density at radius 1 is 0.591 bits per heavy atom. The van der Waals surface area contributed by atoms with Crippen molar-refractivity contribution < 1.29 is 9.59 Å². The molecule has 4 unspecified atom stereocenters. The molecule has 2 fully saturated rings. The van der Waals surface area contributed by atoms with Gasteiger partial charge < -0.3 is 21.3 Å². The molecule has 2 saturated carbocycles. The largest absolute Gasteiger partial charge is 0.365 e. The van der Waals surface area contributed by atoms with Gasteiger partial charge in [-0.1, -0.05) is 31.7 Å². The first-order valence-electron chi connectivity index (χ1n) is 15.2. The van der Waals surface area contributed by atoms with E-state index in [1.54, 1.807) is 24.3 Å². The van der Waals surface area contributed by atoms with Gasteiger partial charge in [0.25, 0.3) is 11.8 Å². The van der Waals surface area contributed by atoms with E-state index in [1.165, 1.54) is 38.5 Å². The summed E-state index contributed by atoms with van der Waals surface area (Å²) in [5, 5.41) is 13.0. The second-order valence-electron chi connectivity index (χ2n) is 11.8. The molecule has 4 aliphatic rings. The summed E-state index contributed by atoms with van der Waals surface area (Å²) in [5.41, 5.74) is 4.27. The molecule has 4 N–H and O–H groups in total. The van der Waals surface area contributed by atoms with Gasteiger partial charge in [0.1, 0.15) is 11.7 Å². The molecule has 0 bridgehead atoms. The highest BCUT2D eigenvalue weighted by atomic mass is 35.5. The van der Waals surface area contributed by atoms with E-state index in [0.717, 1.165) is 35.6 Å². The fraction of sp³-hybridized carbons (Fsp3) is 0.353. The van der Waals surface area contributed by atoms with Crippen LogP contribution in [-0.2, 0) is 0 Å². The molecule has 8 nitrogen and oxygen atoms in total. The highest BCUT2D eigenvalue weighted by molar-refractivity contribution is 6.09. The minimum absolute atomic E-state index is 0. The number of amides is 2. The summed E-state index contributed by atoms with van der Waals surface area (Å²) in [6.45, 7) is 0. The number of benzene rings is 3. The second-order valence-corrected chi connectivity index (χ2v) is 11.8. The number of carbonyl (C=O) groups is 2. The molecule has 2 aliphatic heterocycles. The van der Waals surface area contributed by atoms with Crippen molar-refractivity contribution in [1.29, 1.82) is 0 Å². The van der Waals surface area contributed by atoms with Gasteiger partial charge in [0.2, 0.25) is 0 Å². The van der Waals surface area contributed by atoms with Crippen molar-refractivity contribution in [1.82, 2.24) is 10.6 Å². The molecule has 2 heterocycles. The van der Waals surface area contributed by atoms with Crippen molar-refractivity contribution in [2.75, 3.05) is 10.6 Å². The zero-order valence-electron chi connectivity index (χ0n) is 24.4. The van der Waals surface area contributed by atoms with Crippen LogP contribution in [-0.4, -0.2) is 47.7 Å². The average Bonchev–Trinajstić information content (AvgIpc) is 3.67. The number of anilines is 2. The Labute approximate surface area is 270 Å². The Balaban J connectivity index is 0.00000192. The SMILES string of the molecule is Cl.Cl.O=C(Nc1ccc(C2=NC3CCCCC3N2)cc1)c1cccc(C(=O)Nc2ccc(C3=NC4CCCCC4N3)cc2)c1. The first kappa shape index (κ1) is 31.5. The third kappa shape index (κ3) is 6.76. The molecule has 44 heavy (non-hydrogen) atoms. The maximum absolute atomic E-state index is 13.0. The van der Waals surface area contributed by atoms with E-state index in [0.29, 0.717) is 46.7 Å². The Kier molecular flexibility index (Phi) is 9.91. The van der Waals surface area contributed by atoms with Crippen LogP contribution in [0.4, 0.5) is 11.4 Å². The zero-order valence-corrected chi connectivity index (χ0v) is 26.1. The van der Waals surface area contributed by atoms with Gasteiger partial charge in [0.15, 0.2) is 0 Å². The highest BCUT2D eigenvalue weighted by Crippen LogP contribution is 2.28. The Bertz CT molecular complexity index is 1440. The summed E-state index contributed by atoms with van der Waals surface area (Å²) in [6.07, 6.45) is 9.64. The topological polar surface area (TPSA) is 107 Å². The molecule has 10 heteroatoms. The number of aliphatic imine (C=N–C) groups is 2. The number of fused-ring (bicyclic) bond motifs is 2. The minimum Gasteiger partial charge on any atom is -0.365 e. The van der Waals surface area contributed by atoms with E-state index in [1.807, 2.05) is 48.5 Å². The molecule has 3 aromatic rings. The summed E-state index contributed by atoms with van der Waals surface area (Å²) in [6, 6.07) is 23.9. The Morgan fingerprint density at radius 3 is 1.41 bits per heavy atom. The molecule has 2 aliphatic carbocycles. The highest BCUT2D eigenvalue weighted by Gasteiger charge is 2.32. The van der Waals surface area contributed by atoms with Gasteiger partial charge in [-0.25, -0.2) is 0 Å². The van der Waals surface area contributed by atoms with Crippen LogP contribution in [0.5, 0.6) is 0 Å². The number of carbonyl (C=O) groups excluding carboxylic acids is 2. The normalized spacial score (nSPS) is 23.2. The van der Waals surface area contributed by atoms with Crippen molar-refractivity contribution in [3.63, 3.8) is 0 Å². The van der Waals surface area contributed by atoms with Crippen LogP contribution in [0.15, 0.2) is 82.8 Å². The van der Waals surface area contributed by atoms with Gasteiger partial charge in [-0.3, -0.25) is 19.6 Å². The number of amidine groups is 2. The van der Waals surface area contributed by atoms with Crippen molar-refractivity contribution >= 4 is 59.7 Å². The molecule has 2 amide bonds. The lowest BCUT2D eigenvalue weighted by Crippen LogP contribution is -2.36. The Morgan fingerprint density at radius 2 is 1.00 bits per heavy atom. The smallest absolute Gasteiger partial charge is 0.255 e. The van der Waals surface area contributed by atoms with Crippen LogP contribution in [0, 0.1) is 0 Å². The van der Waals surface area contributed by atoms with Gasteiger partial charge >= 0.3 is 0 Å². The predicted molar refractivity (Wildman–Crippen MR) is 181 cm³/mol. The van der Waals surface area contributed by atoms with Crippen LogP contribution in [0.2, 0.25) is 0 Å². The van der Waals surface area contributed by atoms with Crippen molar-refractivity contribution in [2.45, 2.75) is 75.5 Å². The molecule has 7 rings (SSSR count). The number of rotatable bonds is 6. The molecule has 0 saturated heterocycles. The summed E-state index contributed by atoms with van der Waals surface area (Å²) >= 11 is 0. The summed E-state index contributed by atoms with van der Waals surface area (Å²) in [4.78, 5) is 35.8. The first-order chi connectivity index (χ1) is 20.6. The van der Waals surface area contributed by atoms with E-state index in [-0.39, 0.29) is 36.6 Å². The van der Waals surface area contributed by atoms with Crippen LogP contribution in [0.25, 0.3) is 0 Å². The van der Waals surface area contributed by atoms with Crippen LogP contribution in [0.1, 0.15) is 83.2 Å². The van der Waals surface area contributed by atoms with E-state index >= 15 is 0 Å². The van der Waals surface area contributed by atoms with Gasteiger partial charge in [-0.05, 0) is 92.4 Å². The monoisotopic (exact) mass is 632 g/mol. The van der Waals surface area contributed by atoms with E-state index < -0.39 is 0 Å². The fourth-order valence-electron chi connectivity index (χ4n) is 6.57. The summed E-state index contributed by atoms with van der Waals surface area (Å²) in [7, 11) is 0. The lowest BCUT2D eigenvalue weighted by molar-refractivity contribution is 0.102. The fourth-order valence-corrected chi connectivity index (χ4v) is 6.57. The third-order valence-corrected chi connectivity index (χ3v) is 8.91. The molecular formula is C34H38Cl2N6O2. The van der Waals surface area contributed by atoms with E-state index in [9.17, 15) is 9.59 Å². The lowest BCUT2D eigenvalue weighted by atomic mass is 9.92. The summed E-state index contributed by atoms with van der Waals surface area (Å²) in [5.74, 6) is 1.35. The zero-order chi connectivity index (χ0) is 28.5. The standard InChI is InChI=1S/C34H36N6O2.2ClH/c41-33(35-25-16-12-21(13-17-25)31-37-27-8-1-2-9-28(27)38-31)23-6-5-7-24(20-23)34(42)36-26-18-14-22(15-19-26)32-39-29-10-3-4-11-30(29)40-32;;/h5-7,12-20,27-30H,1-4,8-11H2,(H,35,41)(H,36,42)(H,37,38)(H,39,40);2*1H. The van der Waals surface area contributed by atoms with Crippen molar-refractivity contribution in [3.05, 3.63) is 95.1 Å². The van der Waals surface area contributed by atoms with Crippen LogP contribution >= 0.6 is 24.8 Å². The maximum Gasteiger partial charge on any atom is 0.255 e. The van der Waals surface area contributed by atoms with Crippen LogP contribution < -0.4 is 21.3 Å². The van der Waals surface area contributed by atoms with E-state index in [4.69, 9.17) is 9.98 Å². The predicted octanol–water partition coefficient (Wildman–Crippen LogP) is 6.36. The summed E-state index contributed by atoms with van der Waals surface area (Å²) < 4.78 is 0. The maximum atomic E-state index is 13.0. The molecule has 230 valence electrons. The lowest BCUT2D eigenvalue weighted by Gasteiger charge is -2.23. The molecule has 0 spiro atoms. The molecule has 0 aromatic heterocycles. The molecule has 4 atom stereocenters. The van der Waals surface area contributed by atoms with Crippen molar-refractivity contribution in [3.8, 4) is 0 Å².